The molecular formula is C19H23N3O3. The minimum Gasteiger partial charge on any atom is -0.406 e. The van der Waals surface area contributed by atoms with E-state index in [1.54, 1.807) is 32.2 Å². The number of pyridine rings is 1. The summed E-state index contributed by atoms with van der Waals surface area (Å²) in [7, 11) is 0. The lowest BCUT2D eigenvalue weighted by molar-refractivity contribution is 0.0323. The Morgan fingerprint density at radius 1 is 1.20 bits per heavy atom. The summed E-state index contributed by atoms with van der Waals surface area (Å²) in [6, 6.07) is 13.6. The molecule has 1 N–H and O–H groups in total. The Labute approximate surface area is 146 Å². The molecule has 2 heterocycles. The summed E-state index contributed by atoms with van der Waals surface area (Å²) in [5.74, 6) is -0.406. The molecule has 0 saturated heterocycles. The Morgan fingerprint density at radius 3 is 2.68 bits per heavy atom. The van der Waals surface area contributed by atoms with Crippen molar-refractivity contribution in [2.75, 3.05) is 13.1 Å². The van der Waals surface area contributed by atoms with Crippen LogP contribution in [-0.2, 0) is 13.1 Å². The number of nitrogens with zero attached hydrogens (tertiary/aromatic N) is 3. The van der Waals surface area contributed by atoms with Crippen LogP contribution in [0.25, 0.3) is 11.2 Å². The van der Waals surface area contributed by atoms with Crippen molar-refractivity contribution < 1.29 is 9.52 Å². The molecule has 0 aliphatic rings. The Morgan fingerprint density at radius 2 is 1.96 bits per heavy atom. The fourth-order valence-electron chi connectivity index (χ4n) is 2.94. The van der Waals surface area contributed by atoms with Crippen LogP contribution in [0.15, 0.2) is 57.9 Å². The van der Waals surface area contributed by atoms with Crippen molar-refractivity contribution in [3.05, 3.63) is 64.8 Å². The molecule has 25 heavy (non-hydrogen) atoms. The van der Waals surface area contributed by atoms with Crippen LogP contribution in [0, 0.1) is 0 Å². The number of benzene rings is 1. The van der Waals surface area contributed by atoms with Crippen molar-refractivity contribution in [1.29, 1.82) is 0 Å². The highest BCUT2D eigenvalue weighted by molar-refractivity contribution is 5.67. The molecular weight excluding hydrogens is 318 g/mol. The van der Waals surface area contributed by atoms with Gasteiger partial charge in [0.15, 0.2) is 11.2 Å². The normalized spacial score (nSPS) is 12.2. The summed E-state index contributed by atoms with van der Waals surface area (Å²) >= 11 is 0. The number of rotatable bonds is 7. The lowest BCUT2D eigenvalue weighted by atomic mass is 10.1. The highest BCUT2D eigenvalue weighted by atomic mass is 16.4. The van der Waals surface area contributed by atoms with E-state index in [0.717, 1.165) is 5.56 Å². The van der Waals surface area contributed by atoms with E-state index in [-0.39, 0.29) is 0 Å². The molecule has 3 rings (SSSR count). The van der Waals surface area contributed by atoms with Crippen molar-refractivity contribution in [1.82, 2.24) is 14.5 Å². The third kappa shape index (κ3) is 4.55. The predicted molar refractivity (Wildman–Crippen MR) is 96.3 cm³/mol. The molecule has 0 unspecified atom stereocenters. The van der Waals surface area contributed by atoms with Crippen LogP contribution in [0.5, 0.6) is 0 Å². The van der Waals surface area contributed by atoms with Crippen LogP contribution in [0.4, 0.5) is 0 Å². The molecule has 132 valence electrons. The zero-order valence-corrected chi connectivity index (χ0v) is 14.6. The quantitative estimate of drug-likeness (QED) is 0.714. The maximum atomic E-state index is 12.1. The van der Waals surface area contributed by atoms with Gasteiger partial charge in [0.25, 0.3) is 0 Å². The summed E-state index contributed by atoms with van der Waals surface area (Å²) in [5, 5.41) is 10.2. The molecule has 6 nitrogen and oxygen atoms in total. The van der Waals surface area contributed by atoms with Gasteiger partial charge in [-0.2, -0.15) is 0 Å². The first-order valence-electron chi connectivity index (χ1n) is 8.35. The molecule has 0 saturated carbocycles. The molecule has 0 bridgehead atoms. The van der Waals surface area contributed by atoms with Gasteiger partial charge < -0.3 is 9.52 Å². The van der Waals surface area contributed by atoms with E-state index >= 15 is 0 Å². The van der Waals surface area contributed by atoms with Gasteiger partial charge >= 0.3 is 5.76 Å². The highest BCUT2D eigenvalue weighted by Crippen LogP contribution is 2.12. The second kappa shape index (κ2) is 7.21. The van der Waals surface area contributed by atoms with Crippen molar-refractivity contribution in [2.24, 2.45) is 0 Å². The first-order valence-corrected chi connectivity index (χ1v) is 8.35. The third-order valence-corrected chi connectivity index (χ3v) is 3.92. The van der Waals surface area contributed by atoms with Gasteiger partial charge in [0.2, 0.25) is 0 Å². The smallest absolute Gasteiger partial charge is 0.406 e. The summed E-state index contributed by atoms with van der Waals surface area (Å²) < 4.78 is 6.77. The fourth-order valence-corrected chi connectivity index (χ4v) is 2.94. The number of aliphatic hydroxyl groups is 1. The molecule has 0 aliphatic heterocycles. The number of oxazole rings is 1. The van der Waals surface area contributed by atoms with Crippen molar-refractivity contribution in [2.45, 2.75) is 32.5 Å². The van der Waals surface area contributed by atoms with Crippen LogP contribution in [0.3, 0.4) is 0 Å². The molecule has 6 heteroatoms. The highest BCUT2D eigenvalue weighted by Gasteiger charge is 2.19. The van der Waals surface area contributed by atoms with E-state index in [1.165, 1.54) is 4.57 Å². The van der Waals surface area contributed by atoms with Crippen LogP contribution in [0.1, 0.15) is 19.4 Å². The second-order valence-electron chi connectivity index (χ2n) is 6.85. The van der Waals surface area contributed by atoms with Crippen molar-refractivity contribution >= 4 is 11.2 Å². The summed E-state index contributed by atoms with van der Waals surface area (Å²) in [5.41, 5.74) is 1.38. The van der Waals surface area contributed by atoms with Gasteiger partial charge in [-0.1, -0.05) is 30.3 Å². The maximum Gasteiger partial charge on any atom is 0.421 e. The van der Waals surface area contributed by atoms with Crippen LogP contribution in [-0.4, -0.2) is 38.2 Å². The molecule has 3 aromatic rings. The van der Waals surface area contributed by atoms with E-state index in [1.807, 2.05) is 18.2 Å². The summed E-state index contributed by atoms with van der Waals surface area (Å²) in [4.78, 5) is 18.5. The third-order valence-electron chi connectivity index (χ3n) is 3.92. The largest absolute Gasteiger partial charge is 0.421 e. The Bertz CT molecular complexity index is 878. The Balaban J connectivity index is 1.77. The standard InChI is InChI=1S/C19H23N3O3/c1-19(2,24)14-21(13-15-7-4-3-5-8-15)11-12-22-17-16(25-18(22)23)9-6-10-20-17/h3-10,24H,11-14H2,1-2H3. The monoisotopic (exact) mass is 341 g/mol. The molecule has 0 amide bonds. The first kappa shape index (κ1) is 17.4. The lowest BCUT2D eigenvalue weighted by Crippen LogP contribution is -2.40. The van der Waals surface area contributed by atoms with Crippen LogP contribution < -0.4 is 5.76 Å². The SMILES string of the molecule is CC(C)(O)CN(CCn1c(=O)oc2cccnc21)Cc1ccccc1. The van der Waals surface area contributed by atoms with E-state index in [9.17, 15) is 9.90 Å². The minimum atomic E-state index is -0.823. The molecule has 0 radical (unpaired) electrons. The van der Waals surface area contributed by atoms with E-state index in [4.69, 9.17) is 4.42 Å². The average molecular weight is 341 g/mol. The van der Waals surface area contributed by atoms with E-state index in [0.29, 0.717) is 37.4 Å². The summed E-state index contributed by atoms with van der Waals surface area (Å²) in [6.07, 6.45) is 1.65. The number of aromatic nitrogens is 2. The fraction of sp³-hybridized carbons (Fsp3) is 0.368. The molecule has 1 aromatic carbocycles. The lowest BCUT2D eigenvalue weighted by Gasteiger charge is -2.29. The zero-order valence-electron chi connectivity index (χ0n) is 14.6. The Kier molecular flexibility index (Phi) is 5.01. The Hall–Kier alpha value is -2.44. The van der Waals surface area contributed by atoms with Gasteiger partial charge in [0, 0.05) is 32.4 Å². The molecule has 0 atom stereocenters. The number of fused-ring (bicyclic) bond motifs is 1. The van der Waals surface area contributed by atoms with Crippen LogP contribution >= 0.6 is 0 Å². The van der Waals surface area contributed by atoms with Gasteiger partial charge in [-0.05, 0) is 31.5 Å². The topological polar surface area (TPSA) is 71.5 Å². The predicted octanol–water partition coefficient (Wildman–Crippen LogP) is 2.26. The molecule has 0 spiro atoms. The van der Waals surface area contributed by atoms with Crippen molar-refractivity contribution in [3.8, 4) is 0 Å². The maximum absolute atomic E-state index is 12.1. The van der Waals surface area contributed by atoms with Gasteiger partial charge in [-0.25, -0.2) is 9.78 Å². The molecule has 2 aromatic heterocycles. The second-order valence-corrected chi connectivity index (χ2v) is 6.85. The van der Waals surface area contributed by atoms with Gasteiger partial charge in [0.05, 0.1) is 5.60 Å². The van der Waals surface area contributed by atoms with Crippen molar-refractivity contribution in [3.63, 3.8) is 0 Å². The average Bonchev–Trinajstić information content (AvgIpc) is 2.87. The zero-order chi connectivity index (χ0) is 17.9. The number of hydrogen-bond donors (Lipinski definition) is 1. The van der Waals surface area contributed by atoms with E-state index < -0.39 is 11.4 Å². The molecule has 0 aliphatic carbocycles. The number of hydrogen-bond acceptors (Lipinski definition) is 5. The minimum absolute atomic E-state index is 0.406. The molecule has 0 fully saturated rings. The van der Waals surface area contributed by atoms with E-state index in [2.05, 4.69) is 22.0 Å². The summed E-state index contributed by atoms with van der Waals surface area (Å²) in [6.45, 7) is 5.82. The first-order chi connectivity index (χ1) is 11.9. The van der Waals surface area contributed by atoms with Gasteiger partial charge in [0.1, 0.15) is 0 Å². The van der Waals surface area contributed by atoms with Gasteiger partial charge in [-0.3, -0.25) is 9.47 Å². The van der Waals surface area contributed by atoms with Gasteiger partial charge in [-0.15, -0.1) is 0 Å². The van der Waals surface area contributed by atoms with Crippen LogP contribution in [0.2, 0.25) is 0 Å².